The first-order valence-corrected chi connectivity index (χ1v) is 7.20. The van der Waals surface area contributed by atoms with E-state index in [2.05, 4.69) is 48.7 Å². The van der Waals surface area contributed by atoms with Gasteiger partial charge in [-0.05, 0) is 33.2 Å². The second kappa shape index (κ2) is 5.70. The van der Waals surface area contributed by atoms with Gasteiger partial charge in [-0.1, -0.05) is 0 Å². The number of aromatic nitrogens is 6. The summed E-state index contributed by atoms with van der Waals surface area (Å²) < 4.78 is 2.14. The minimum Gasteiger partial charge on any atom is -0.314 e. The molecule has 3 rings (SSSR count). The van der Waals surface area contributed by atoms with Crippen LogP contribution in [0.25, 0.3) is 0 Å². The summed E-state index contributed by atoms with van der Waals surface area (Å²) in [5.41, 5.74) is 0. The third kappa shape index (κ3) is 2.72. The zero-order chi connectivity index (χ0) is 13.9. The Bertz CT molecular complexity index is 531. The van der Waals surface area contributed by atoms with Crippen LogP contribution in [-0.4, -0.2) is 47.9 Å². The fourth-order valence-electron chi connectivity index (χ4n) is 2.85. The van der Waals surface area contributed by atoms with Gasteiger partial charge in [0.1, 0.15) is 24.3 Å². The van der Waals surface area contributed by atoms with Crippen LogP contribution in [0, 0.1) is 0 Å². The second-order valence-electron chi connectivity index (χ2n) is 5.69. The van der Waals surface area contributed by atoms with Gasteiger partial charge in [-0.2, -0.15) is 5.10 Å². The molecule has 0 spiro atoms. The fraction of sp³-hybridized carbons (Fsp3) is 0.692. The Hall–Kier alpha value is -1.76. The standard InChI is InChI=1S/C13H21N7/c1-10(2)20-9-16-17-12(20)7-19-5-3-4-11(6-19)13-14-8-15-18-13/h8-11H,3-7H2,1-2H3,(H,14,15,18)/t11-/m0/s1. The van der Waals surface area contributed by atoms with Crippen molar-refractivity contribution in [2.45, 2.75) is 45.2 Å². The molecule has 1 N–H and O–H groups in total. The number of H-pyrrole nitrogens is 1. The number of aromatic amines is 1. The maximum atomic E-state index is 4.29. The lowest BCUT2D eigenvalue weighted by Crippen LogP contribution is -2.35. The quantitative estimate of drug-likeness (QED) is 0.911. The van der Waals surface area contributed by atoms with Gasteiger partial charge < -0.3 is 4.57 Å². The van der Waals surface area contributed by atoms with E-state index in [1.807, 2.05) is 6.33 Å². The summed E-state index contributed by atoms with van der Waals surface area (Å²) in [5.74, 6) is 2.49. The molecular formula is C13H21N7. The first kappa shape index (κ1) is 13.2. The fourth-order valence-corrected chi connectivity index (χ4v) is 2.85. The van der Waals surface area contributed by atoms with Gasteiger partial charge in [-0.3, -0.25) is 10.00 Å². The van der Waals surface area contributed by atoms with Crippen molar-refractivity contribution in [3.05, 3.63) is 24.3 Å². The van der Waals surface area contributed by atoms with E-state index in [0.29, 0.717) is 12.0 Å². The van der Waals surface area contributed by atoms with Gasteiger partial charge in [0.25, 0.3) is 0 Å². The third-order valence-electron chi connectivity index (χ3n) is 3.89. The summed E-state index contributed by atoms with van der Waals surface area (Å²) in [6.07, 6.45) is 5.76. The highest BCUT2D eigenvalue weighted by molar-refractivity contribution is 4.98. The van der Waals surface area contributed by atoms with E-state index in [9.17, 15) is 0 Å². The molecule has 7 heteroatoms. The highest BCUT2D eigenvalue weighted by Gasteiger charge is 2.24. The van der Waals surface area contributed by atoms with Crippen LogP contribution in [-0.2, 0) is 6.54 Å². The molecule has 20 heavy (non-hydrogen) atoms. The number of likely N-dealkylation sites (tertiary alicyclic amines) is 1. The number of nitrogens with one attached hydrogen (secondary N) is 1. The molecule has 108 valence electrons. The lowest BCUT2D eigenvalue weighted by atomic mass is 9.97. The third-order valence-corrected chi connectivity index (χ3v) is 3.89. The largest absolute Gasteiger partial charge is 0.314 e. The van der Waals surface area contributed by atoms with E-state index in [0.717, 1.165) is 31.3 Å². The Labute approximate surface area is 118 Å². The molecular weight excluding hydrogens is 254 g/mol. The van der Waals surface area contributed by atoms with Crippen LogP contribution >= 0.6 is 0 Å². The number of hydrogen-bond donors (Lipinski definition) is 1. The zero-order valence-corrected chi connectivity index (χ0v) is 12.0. The van der Waals surface area contributed by atoms with E-state index in [1.165, 1.54) is 12.8 Å². The van der Waals surface area contributed by atoms with Gasteiger partial charge in [-0.15, -0.1) is 10.2 Å². The summed E-state index contributed by atoms with van der Waals surface area (Å²) in [7, 11) is 0. The Morgan fingerprint density at radius 3 is 3.10 bits per heavy atom. The highest BCUT2D eigenvalue weighted by Crippen LogP contribution is 2.25. The first-order valence-electron chi connectivity index (χ1n) is 7.20. The van der Waals surface area contributed by atoms with Crippen molar-refractivity contribution in [1.29, 1.82) is 0 Å². The number of nitrogens with zero attached hydrogens (tertiary/aromatic N) is 6. The van der Waals surface area contributed by atoms with Crippen molar-refractivity contribution < 1.29 is 0 Å². The van der Waals surface area contributed by atoms with E-state index < -0.39 is 0 Å². The van der Waals surface area contributed by atoms with Crippen LogP contribution in [0.3, 0.4) is 0 Å². The maximum absolute atomic E-state index is 4.29. The molecule has 1 aliphatic rings. The van der Waals surface area contributed by atoms with Gasteiger partial charge >= 0.3 is 0 Å². The molecule has 0 saturated carbocycles. The van der Waals surface area contributed by atoms with Crippen LogP contribution in [0.5, 0.6) is 0 Å². The molecule has 0 aromatic carbocycles. The Morgan fingerprint density at radius 2 is 2.35 bits per heavy atom. The molecule has 0 bridgehead atoms. The van der Waals surface area contributed by atoms with Crippen molar-refractivity contribution in [3.8, 4) is 0 Å². The molecule has 2 aromatic heterocycles. The molecule has 1 aliphatic heterocycles. The number of hydrogen-bond acceptors (Lipinski definition) is 5. The van der Waals surface area contributed by atoms with Crippen molar-refractivity contribution in [2.24, 2.45) is 0 Å². The Morgan fingerprint density at radius 1 is 1.45 bits per heavy atom. The van der Waals surface area contributed by atoms with Gasteiger partial charge in [0.15, 0.2) is 0 Å². The molecule has 2 aromatic rings. The molecule has 0 aliphatic carbocycles. The van der Waals surface area contributed by atoms with Gasteiger partial charge in [0, 0.05) is 18.5 Å². The summed E-state index contributed by atoms with van der Waals surface area (Å²) in [6.45, 7) is 7.26. The van der Waals surface area contributed by atoms with Gasteiger partial charge in [-0.25, -0.2) is 4.98 Å². The van der Waals surface area contributed by atoms with Gasteiger partial charge in [0.2, 0.25) is 0 Å². The molecule has 1 fully saturated rings. The van der Waals surface area contributed by atoms with Crippen LogP contribution in [0.15, 0.2) is 12.7 Å². The first-order chi connectivity index (χ1) is 9.74. The van der Waals surface area contributed by atoms with Crippen molar-refractivity contribution in [3.63, 3.8) is 0 Å². The number of piperidine rings is 1. The summed E-state index contributed by atoms with van der Waals surface area (Å²) in [4.78, 5) is 6.72. The highest BCUT2D eigenvalue weighted by atomic mass is 15.3. The SMILES string of the molecule is CC(C)n1cnnc1CN1CCC[C@H](c2ncn[nH]2)C1. The predicted molar refractivity (Wildman–Crippen MR) is 74.0 cm³/mol. The maximum Gasteiger partial charge on any atom is 0.147 e. The normalized spacial score (nSPS) is 20.6. The smallest absolute Gasteiger partial charge is 0.147 e. The molecule has 0 amide bonds. The summed E-state index contributed by atoms with van der Waals surface area (Å²) in [5, 5.41) is 15.2. The molecule has 3 heterocycles. The Balaban J connectivity index is 1.67. The second-order valence-corrected chi connectivity index (χ2v) is 5.69. The van der Waals surface area contributed by atoms with Crippen LogP contribution in [0.4, 0.5) is 0 Å². The van der Waals surface area contributed by atoms with Crippen LogP contribution < -0.4 is 0 Å². The average molecular weight is 275 g/mol. The van der Waals surface area contributed by atoms with Crippen LogP contribution in [0.2, 0.25) is 0 Å². The molecule has 0 unspecified atom stereocenters. The van der Waals surface area contributed by atoms with Crippen LogP contribution in [0.1, 0.15) is 50.3 Å². The Kier molecular flexibility index (Phi) is 3.77. The van der Waals surface area contributed by atoms with E-state index in [-0.39, 0.29) is 0 Å². The molecule has 1 saturated heterocycles. The molecule has 0 radical (unpaired) electrons. The topological polar surface area (TPSA) is 75.5 Å². The summed E-state index contributed by atoms with van der Waals surface area (Å²) >= 11 is 0. The van der Waals surface area contributed by atoms with Crippen molar-refractivity contribution in [2.75, 3.05) is 13.1 Å². The average Bonchev–Trinajstić information content (AvgIpc) is 3.10. The molecule has 7 nitrogen and oxygen atoms in total. The molecule has 1 atom stereocenters. The lowest BCUT2D eigenvalue weighted by molar-refractivity contribution is 0.189. The van der Waals surface area contributed by atoms with Crippen molar-refractivity contribution in [1.82, 2.24) is 34.8 Å². The van der Waals surface area contributed by atoms with E-state index >= 15 is 0 Å². The van der Waals surface area contributed by atoms with Crippen molar-refractivity contribution >= 4 is 0 Å². The van der Waals surface area contributed by atoms with Gasteiger partial charge in [0.05, 0.1) is 6.54 Å². The van der Waals surface area contributed by atoms with E-state index in [1.54, 1.807) is 6.33 Å². The van der Waals surface area contributed by atoms with E-state index in [4.69, 9.17) is 0 Å². The number of rotatable bonds is 4. The minimum absolute atomic E-state index is 0.398. The zero-order valence-electron chi connectivity index (χ0n) is 12.0. The predicted octanol–water partition coefficient (Wildman–Crippen LogP) is 1.36. The monoisotopic (exact) mass is 275 g/mol. The minimum atomic E-state index is 0.398. The summed E-state index contributed by atoms with van der Waals surface area (Å²) in [6, 6.07) is 0.398. The lowest BCUT2D eigenvalue weighted by Gasteiger charge is -2.31.